The molecule has 0 amide bonds. The molecule has 1 aliphatic heterocycles. The van der Waals surface area contributed by atoms with Gasteiger partial charge >= 0.3 is 5.97 Å². The summed E-state index contributed by atoms with van der Waals surface area (Å²) in [6, 6.07) is 1.32. The molecular weight excluding hydrogens is 290 g/mol. The largest absolute Gasteiger partial charge is 0.477 e. The number of carboxylic acids is 1. The first-order valence-electron chi connectivity index (χ1n) is 5.89. The van der Waals surface area contributed by atoms with Crippen molar-refractivity contribution in [2.24, 2.45) is 5.92 Å². The number of rotatable bonds is 5. The first kappa shape index (κ1) is 14.4. The Bertz CT molecular complexity index is 545. The number of aromatic carboxylic acids is 1. The molecule has 0 aromatic carbocycles. The maximum Gasteiger partial charge on any atom is 0.347 e. The van der Waals surface area contributed by atoms with Crippen LogP contribution in [0.2, 0.25) is 0 Å². The van der Waals surface area contributed by atoms with Gasteiger partial charge in [-0.3, -0.25) is 0 Å². The molecule has 1 fully saturated rings. The lowest BCUT2D eigenvalue weighted by Gasteiger charge is -2.22. The molecule has 1 aromatic rings. The van der Waals surface area contributed by atoms with Gasteiger partial charge < -0.3 is 9.84 Å². The Labute approximate surface area is 115 Å². The molecular formula is C11H15NO5S2. The topological polar surface area (TPSA) is 92.7 Å². The van der Waals surface area contributed by atoms with E-state index in [-0.39, 0.29) is 15.7 Å². The fraction of sp³-hybridized carbons (Fsp3) is 0.545. The Morgan fingerprint density at radius 1 is 1.47 bits per heavy atom. The Morgan fingerprint density at radius 3 is 2.79 bits per heavy atom. The molecule has 1 aliphatic rings. The molecule has 0 radical (unpaired) electrons. The van der Waals surface area contributed by atoms with Crippen LogP contribution in [0.3, 0.4) is 0 Å². The highest BCUT2D eigenvalue weighted by Crippen LogP contribution is 2.22. The molecule has 19 heavy (non-hydrogen) atoms. The fourth-order valence-electron chi connectivity index (χ4n) is 1.92. The summed E-state index contributed by atoms with van der Waals surface area (Å²) in [6.45, 7) is 1.61. The van der Waals surface area contributed by atoms with Crippen LogP contribution >= 0.6 is 11.3 Å². The highest BCUT2D eigenvalue weighted by atomic mass is 32.2. The number of hydrogen-bond acceptors (Lipinski definition) is 5. The van der Waals surface area contributed by atoms with Gasteiger partial charge in [0.1, 0.15) is 9.77 Å². The summed E-state index contributed by atoms with van der Waals surface area (Å²) in [4.78, 5) is 10.6. The zero-order valence-electron chi connectivity index (χ0n) is 10.2. The molecule has 0 spiro atoms. The lowest BCUT2D eigenvalue weighted by atomic mass is 10.0. The van der Waals surface area contributed by atoms with Crippen LogP contribution in [0.1, 0.15) is 22.5 Å². The second-order valence-corrected chi connectivity index (χ2v) is 6.98. The smallest absolute Gasteiger partial charge is 0.347 e. The summed E-state index contributed by atoms with van der Waals surface area (Å²) in [5.41, 5.74) is 0. The van der Waals surface area contributed by atoms with Crippen LogP contribution in [0.25, 0.3) is 0 Å². The highest BCUT2D eigenvalue weighted by molar-refractivity contribution is 7.89. The standard InChI is InChI=1S/C11H15NO5S2/c13-11(14)10-9(3-6-18-10)19(15,16)12-7-8-1-4-17-5-2-8/h3,6,8,12H,1-2,4-5,7H2,(H,13,14). The Balaban J connectivity index is 2.05. The maximum absolute atomic E-state index is 12.1. The van der Waals surface area contributed by atoms with Crippen LogP contribution in [0.4, 0.5) is 0 Å². The van der Waals surface area contributed by atoms with Crippen molar-refractivity contribution in [2.75, 3.05) is 19.8 Å². The zero-order valence-corrected chi connectivity index (χ0v) is 11.8. The van der Waals surface area contributed by atoms with E-state index in [9.17, 15) is 13.2 Å². The summed E-state index contributed by atoms with van der Waals surface area (Å²) in [7, 11) is -3.75. The van der Waals surface area contributed by atoms with E-state index in [0.717, 1.165) is 24.2 Å². The van der Waals surface area contributed by atoms with Gasteiger partial charge in [-0.25, -0.2) is 17.9 Å². The van der Waals surface area contributed by atoms with Crippen LogP contribution < -0.4 is 4.72 Å². The molecule has 0 saturated carbocycles. The van der Waals surface area contributed by atoms with Crippen LogP contribution in [-0.2, 0) is 14.8 Å². The van der Waals surface area contributed by atoms with Gasteiger partial charge in [0.2, 0.25) is 10.0 Å². The van der Waals surface area contributed by atoms with Gasteiger partial charge in [0.25, 0.3) is 0 Å². The van der Waals surface area contributed by atoms with E-state index in [1.807, 2.05) is 0 Å². The lowest BCUT2D eigenvalue weighted by molar-refractivity contribution is 0.0678. The maximum atomic E-state index is 12.1. The Morgan fingerprint density at radius 2 is 2.16 bits per heavy atom. The van der Waals surface area contributed by atoms with E-state index in [0.29, 0.717) is 19.8 Å². The molecule has 1 saturated heterocycles. The van der Waals surface area contributed by atoms with Crippen molar-refractivity contribution in [3.63, 3.8) is 0 Å². The van der Waals surface area contributed by atoms with Gasteiger partial charge in [0, 0.05) is 19.8 Å². The summed E-state index contributed by atoms with van der Waals surface area (Å²) in [6.07, 6.45) is 1.63. The van der Waals surface area contributed by atoms with Crippen molar-refractivity contribution < 1.29 is 23.1 Å². The monoisotopic (exact) mass is 305 g/mol. The predicted octanol–water partition coefficient (Wildman–Crippen LogP) is 1.15. The SMILES string of the molecule is O=C(O)c1sccc1S(=O)(=O)NCC1CCOCC1. The molecule has 0 bridgehead atoms. The number of carboxylic acid groups (broad SMARTS) is 1. The lowest BCUT2D eigenvalue weighted by Crippen LogP contribution is -2.32. The zero-order chi connectivity index (χ0) is 13.9. The van der Waals surface area contributed by atoms with E-state index >= 15 is 0 Å². The molecule has 0 aliphatic carbocycles. The van der Waals surface area contributed by atoms with Gasteiger partial charge in [-0.05, 0) is 30.2 Å². The molecule has 0 atom stereocenters. The van der Waals surface area contributed by atoms with E-state index in [2.05, 4.69) is 4.72 Å². The van der Waals surface area contributed by atoms with Gasteiger partial charge in [-0.1, -0.05) is 0 Å². The van der Waals surface area contributed by atoms with Crippen molar-refractivity contribution in [1.29, 1.82) is 0 Å². The fourth-order valence-corrected chi connectivity index (χ4v) is 4.29. The molecule has 6 nitrogen and oxygen atoms in total. The van der Waals surface area contributed by atoms with Crippen molar-refractivity contribution in [2.45, 2.75) is 17.7 Å². The Kier molecular flexibility index (Phi) is 4.56. The van der Waals surface area contributed by atoms with Crippen LogP contribution in [-0.4, -0.2) is 39.3 Å². The van der Waals surface area contributed by atoms with Gasteiger partial charge in [0.05, 0.1) is 0 Å². The first-order valence-corrected chi connectivity index (χ1v) is 8.25. The minimum atomic E-state index is -3.75. The first-order chi connectivity index (χ1) is 9.00. The predicted molar refractivity (Wildman–Crippen MR) is 70.0 cm³/mol. The number of sulfonamides is 1. The average molecular weight is 305 g/mol. The molecule has 2 N–H and O–H groups in total. The van der Waals surface area contributed by atoms with Gasteiger partial charge in [0.15, 0.2) is 0 Å². The summed E-state index contributed by atoms with van der Waals surface area (Å²) in [5.74, 6) is -0.975. The number of thiophene rings is 1. The minimum Gasteiger partial charge on any atom is -0.477 e. The van der Waals surface area contributed by atoms with Crippen molar-refractivity contribution in [3.8, 4) is 0 Å². The molecule has 2 heterocycles. The van der Waals surface area contributed by atoms with E-state index < -0.39 is 16.0 Å². The second kappa shape index (κ2) is 6.00. The highest BCUT2D eigenvalue weighted by Gasteiger charge is 2.25. The molecule has 1 aromatic heterocycles. The number of carbonyl (C=O) groups is 1. The number of hydrogen-bond donors (Lipinski definition) is 2. The van der Waals surface area contributed by atoms with Crippen LogP contribution in [0.5, 0.6) is 0 Å². The molecule has 0 unspecified atom stereocenters. The number of ether oxygens (including phenoxy) is 1. The van der Waals surface area contributed by atoms with E-state index in [1.54, 1.807) is 0 Å². The minimum absolute atomic E-state index is 0.153. The summed E-state index contributed by atoms with van der Waals surface area (Å²) in [5, 5.41) is 10.4. The van der Waals surface area contributed by atoms with Gasteiger partial charge in [-0.2, -0.15) is 0 Å². The van der Waals surface area contributed by atoms with Crippen molar-refractivity contribution >= 4 is 27.3 Å². The summed E-state index contributed by atoms with van der Waals surface area (Å²) >= 11 is 0.907. The van der Waals surface area contributed by atoms with E-state index in [1.165, 1.54) is 11.4 Å². The van der Waals surface area contributed by atoms with Crippen molar-refractivity contribution in [1.82, 2.24) is 4.72 Å². The number of nitrogens with one attached hydrogen (secondary N) is 1. The van der Waals surface area contributed by atoms with Crippen molar-refractivity contribution in [3.05, 3.63) is 16.3 Å². The third-order valence-electron chi connectivity index (χ3n) is 3.02. The third-order valence-corrected chi connectivity index (χ3v) is 5.51. The average Bonchev–Trinajstić information content (AvgIpc) is 2.88. The van der Waals surface area contributed by atoms with E-state index in [4.69, 9.17) is 9.84 Å². The molecule has 8 heteroatoms. The summed E-state index contributed by atoms with van der Waals surface area (Å²) < 4.78 is 31.8. The molecule has 2 rings (SSSR count). The van der Waals surface area contributed by atoms with Gasteiger partial charge in [-0.15, -0.1) is 11.3 Å². The second-order valence-electron chi connectivity index (χ2n) is 4.33. The normalized spacial score (nSPS) is 17.5. The van der Waals surface area contributed by atoms with Crippen LogP contribution in [0, 0.1) is 5.92 Å². The third kappa shape index (κ3) is 3.53. The quantitative estimate of drug-likeness (QED) is 0.851. The Hall–Kier alpha value is -0.960. The van der Waals surface area contributed by atoms with Crippen LogP contribution in [0.15, 0.2) is 16.3 Å². The molecule has 106 valence electrons.